The van der Waals surface area contributed by atoms with E-state index in [0.717, 1.165) is 17.7 Å². The van der Waals surface area contributed by atoms with Crippen molar-refractivity contribution in [1.29, 1.82) is 5.26 Å². The fourth-order valence-electron chi connectivity index (χ4n) is 5.00. The second-order valence-corrected chi connectivity index (χ2v) is 8.90. The highest BCUT2D eigenvalue weighted by molar-refractivity contribution is 5.71. The quantitative estimate of drug-likeness (QED) is 0.280. The van der Waals surface area contributed by atoms with Gasteiger partial charge in [-0.3, -0.25) is 0 Å². The van der Waals surface area contributed by atoms with Gasteiger partial charge in [0.25, 0.3) is 0 Å². The molecule has 1 aliphatic carbocycles. The average Bonchev–Trinajstić information content (AvgIpc) is 3.22. The third-order valence-corrected chi connectivity index (χ3v) is 6.60. The first-order chi connectivity index (χ1) is 16.1. The molecule has 0 bridgehead atoms. The molecule has 0 heterocycles. The number of anilines is 1. The van der Waals surface area contributed by atoms with E-state index in [2.05, 4.69) is 79.7 Å². The van der Waals surface area contributed by atoms with E-state index >= 15 is 0 Å². The summed E-state index contributed by atoms with van der Waals surface area (Å²) >= 11 is 0. The van der Waals surface area contributed by atoms with E-state index in [0.29, 0.717) is 17.4 Å². The number of benzene rings is 4. The molecular formula is C31H26N2. The highest BCUT2D eigenvalue weighted by atomic mass is 14.5. The van der Waals surface area contributed by atoms with Gasteiger partial charge < -0.3 is 5.73 Å². The number of rotatable bonds is 4. The maximum Gasteiger partial charge on any atom is 0.0991 e. The third kappa shape index (κ3) is 4.31. The largest absolute Gasteiger partial charge is 0.399 e. The number of nitrogens with zero attached hydrogens (tertiary/aromatic N) is 1. The molecule has 160 valence electrons. The van der Waals surface area contributed by atoms with Crippen LogP contribution in [0.1, 0.15) is 56.3 Å². The molecule has 0 saturated heterocycles. The number of aryl methyl sites for hydroxylation is 1. The second kappa shape index (κ2) is 8.81. The van der Waals surface area contributed by atoms with Gasteiger partial charge in [0, 0.05) is 11.6 Å². The van der Waals surface area contributed by atoms with Crippen molar-refractivity contribution >= 4 is 17.8 Å². The van der Waals surface area contributed by atoms with Gasteiger partial charge in [-0.2, -0.15) is 5.26 Å². The normalized spacial score (nSPS) is 17.1. The van der Waals surface area contributed by atoms with E-state index < -0.39 is 0 Å². The van der Waals surface area contributed by atoms with Gasteiger partial charge in [-0.1, -0.05) is 84.4 Å². The highest BCUT2D eigenvalue weighted by Gasteiger charge is 2.34. The van der Waals surface area contributed by atoms with Crippen LogP contribution in [0.2, 0.25) is 0 Å². The lowest BCUT2D eigenvalue weighted by Crippen LogP contribution is -2.08. The van der Waals surface area contributed by atoms with E-state index in [1.807, 2.05) is 36.4 Å². The number of fused-ring (bicyclic) bond motifs is 1. The topological polar surface area (TPSA) is 49.8 Å². The summed E-state index contributed by atoms with van der Waals surface area (Å²) in [5.41, 5.74) is 16.4. The van der Waals surface area contributed by atoms with E-state index in [4.69, 9.17) is 11.0 Å². The molecule has 0 fully saturated rings. The minimum atomic E-state index is 0.304. The minimum Gasteiger partial charge on any atom is -0.399 e. The maximum atomic E-state index is 9.16. The predicted octanol–water partition coefficient (Wildman–Crippen LogP) is 7.09. The first-order valence-corrected chi connectivity index (χ1v) is 11.3. The molecule has 4 aromatic carbocycles. The first-order valence-electron chi connectivity index (χ1n) is 11.3. The number of hydrogen-bond acceptors (Lipinski definition) is 2. The van der Waals surface area contributed by atoms with Gasteiger partial charge >= 0.3 is 0 Å². The van der Waals surface area contributed by atoms with Crippen molar-refractivity contribution < 1.29 is 0 Å². The van der Waals surface area contributed by atoms with Crippen LogP contribution in [0.15, 0.2) is 91.0 Å². The van der Waals surface area contributed by atoms with Gasteiger partial charge in [-0.15, -0.1) is 0 Å². The molecule has 4 aromatic rings. The molecule has 2 N–H and O–H groups in total. The van der Waals surface area contributed by atoms with Gasteiger partial charge in [0.1, 0.15) is 0 Å². The molecule has 0 spiro atoms. The summed E-state index contributed by atoms with van der Waals surface area (Å²) in [5.74, 6) is 0.688. The molecule has 33 heavy (non-hydrogen) atoms. The monoisotopic (exact) mass is 426 g/mol. The van der Waals surface area contributed by atoms with Crippen molar-refractivity contribution in [2.24, 2.45) is 0 Å². The summed E-state index contributed by atoms with van der Waals surface area (Å²) < 4.78 is 0. The highest BCUT2D eigenvalue weighted by Crippen LogP contribution is 2.48. The van der Waals surface area contributed by atoms with Crippen molar-refractivity contribution in [3.05, 3.63) is 136 Å². The van der Waals surface area contributed by atoms with Crippen LogP contribution < -0.4 is 5.73 Å². The van der Waals surface area contributed by atoms with Crippen LogP contribution in [0.3, 0.4) is 0 Å². The van der Waals surface area contributed by atoms with Crippen LogP contribution in [0.5, 0.6) is 0 Å². The van der Waals surface area contributed by atoms with Crippen LogP contribution in [0, 0.1) is 18.3 Å². The molecule has 5 rings (SSSR count). The Bertz CT molecular complexity index is 1370. The molecule has 2 heteroatoms. The van der Waals surface area contributed by atoms with Crippen molar-refractivity contribution in [3.63, 3.8) is 0 Å². The molecule has 0 saturated carbocycles. The molecular weight excluding hydrogens is 400 g/mol. The summed E-state index contributed by atoms with van der Waals surface area (Å²) in [6, 6.07) is 34.0. The maximum absolute atomic E-state index is 9.16. The van der Waals surface area contributed by atoms with Gasteiger partial charge in [-0.25, -0.2) is 0 Å². The summed E-state index contributed by atoms with van der Waals surface area (Å²) in [7, 11) is 0. The van der Waals surface area contributed by atoms with Crippen LogP contribution in [0.25, 0.3) is 12.2 Å². The summed E-state index contributed by atoms with van der Waals surface area (Å²) in [6.45, 7) is 2.16. The fraction of sp³-hybridized carbons (Fsp3) is 0.129. The van der Waals surface area contributed by atoms with Crippen LogP contribution in [0.4, 0.5) is 5.69 Å². The standard InChI is InChI=1S/C31H26N2/c1-21-4-2-7-27(16-21)31-29-18-23(9-8-22-5-3-6-24(17-22)20-32)10-11-26(29)19-30(31)25-12-14-28(33)15-13-25/h2-18,30-31H,19,33H2,1H3/b9-8+/t30?,31-/m0/s1. The zero-order valence-corrected chi connectivity index (χ0v) is 18.7. The van der Waals surface area contributed by atoms with E-state index in [1.165, 1.54) is 33.4 Å². The smallest absolute Gasteiger partial charge is 0.0991 e. The Labute approximate surface area is 195 Å². The van der Waals surface area contributed by atoms with Gasteiger partial charge in [0.05, 0.1) is 11.6 Å². The van der Waals surface area contributed by atoms with Crippen LogP contribution in [-0.4, -0.2) is 0 Å². The van der Waals surface area contributed by atoms with Crippen molar-refractivity contribution in [3.8, 4) is 6.07 Å². The van der Waals surface area contributed by atoms with E-state index in [1.54, 1.807) is 0 Å². The van der Waals surface area contributed by atoms with Crippen LogP contribution >= 0.6 is 0 Å². The molecule has 2 atom stereocenters. The zero-order valence-electron chi connectivity index (χ0n) is 18.7. The minimum absolute atomic E-state index is 0.304. The Hall–Kier alpha value is -4.09. The van der Waals surface area contributed by atoms with E-state index in [-0.39, 0.29) is 0 Å². The Morgan fingerprint density at radius 3 is 2.33 bits per heavy atom. The average molecular weight is 427 g/mol. The number of nitrogen functional groups attached to an aromatic ring is 1. The Balaban J connectivity index is 1.54. The fourth-order valence-corrected chi connectivity index (χ4v) is 5.00. The lowest BCUT2D eigenvalue weighted by Gasteiger charge is -2.22. The van der Waals surface area contributed by atoms with E-state index in [9.17, 15) is 0 Å². The Kier molecular flexibility index (Phi) is 5.55. The number of nitrogens with two attached hydrogens (primary N) is 1. The zero-order chi connectivity index (χ0) is 22.8. The molecule has 1 aliphatic rings. The first kappa shape index (κ1) is 20.8. The SMILES string of the molecule is Cc1cccc([C@H]2c3cc(/C=C/c4cccc(C#N)c4)ccc3CC2c2ccc(N)cc2)c1. The third-order valence-electron chi connectivity index (χ3n) is 6.60. The molecule has 1 unspecified atom stereocenters. The lowest BCUT2D eigenvalue weighted by atomic mass is 9.81. The van der Waals surface area contributed by atoms with Crippen molar-refractivity contribution in [2.45, 2.75) is 25.2 Å². The molecule has 0 aliphatic heterocycles. The Morgan fingerprint density at radius 1 is 0.818 bits per heavy atom. The summed E-state index contributed by atoms with van der Waals surface area (Å²) in [5, 5.41) is 9.16. The predicted molar refractivity (Wildman–Crippen MR) is 137 cm³/mol. The molecule has 0 aromatic heterocycles. The second-order valence-electron chi connectivity index (χ2n) is 8.90. The Morgan fingerprint density at radius 2 is 1.58 bits per heavy atom. The van der Waals surface area contributed by atoms with Gasteiger partial charge in [-0.05, 0) is 76.9 Å². The summed E-state index contributed by atoms with van der Waals surface area (Å²) in [6.07, 6.45) is 5.24. The summed E-state index contributed by atoms with van der Waals surface area (Å²) in [4.78, 5) is 0. The van der Waals surface area contributed by atoms with Gasteiger partial charge in [0.15, 0.2) is 0 Å². The van der Waals surface area contributed by atoms with Crippen molar-refractivity contribution in [1.82, 2.24) is 0 Å². The number of nitriles is 1. The molecule has 0 amide bonds. The van der Waals surface area contributed by atoms with Crippen LogP contribution in [-0.2, 0) is 6.42 Å². The van der Waals surface area contributed by atoms with Crippen molar-refractivity contribution in [2.75, 3.05) is 5.73 Å². The molecule has 2 nitrogen and oxygen atoms in total. The molecule has 0 radical (unpaired) electrons. The van der Waals surface area contributed by atoms with Gasteiger partial charge in [0.2, 0.25) is 0 Å². The lowest BCUT2D eigenvalue weighted by molar-refractivity contribution is 0.656. The number of hydrogen-bond donors (Lipinski definition) is 1.